The molecule has 0 atom stereocenters. The second kappa shape index (κ2) is 8.19. The Hall–Kier alpha value is -2.54. The second-order valence-electron chi connectivity index (χ2n) is 4.46. The summed E-state index contributed by atoms with van der Waals surface area (Å²) in [5, 5.41) is 13.4. The van der Waals surface area contributed by atoms with Gasteiger partial charge in [0.1, 0.15) is 17.2 Å². The van der Waals surface area contributed by atoms with Crippen molar-refractivity contribution in [2.45, 2.75) is 0 Å². The number of hydrogen-bond donors (Lipinski definition) is 2. The highest BCUT2D eigenvalue weighted by Crippen LogP contribution is 2.20. The van der Waals surface area contributed by atoms with Crippen molar-refractivity contribution in [3.63, 3.8) is 0 Å². The third-order valence-corrected chi connectivity index (χ3v) is 3.31. The molecule has 0 fully saturated rings. The van der Waals surface area contributed by atoms with E-state index in [2.05, 4.69) is 26.5 Å². The number of carbonyl (C=O) groups is 1. The first-order valence-electron chi connectivity index (χ1n) is 6.66. The van der Waals surface area contributed by atoms with Gasteiger partial charge in [-0.05, 0) is 42.5 Å². The van der Waals surface area contributed by atoms with Crippen LogP contribution < -0.4 is 14.9 Å². The van der Waals surface area contributed by atoms with Crippen LogP contribution in [-0.4, -0.2) is 30.9 Å². The van der Waals surface area contributed by atoms with Gasteiger partial charge in [-0.25, -0.2) is 5.43 Å². The van der Waals surface area contributed by atoms with Gasteiger partial charge in [-0.1, -0.05) is 15.9 Å². The summed E-state index contributed by atoms with van der Waals surface area (Å²) in [5.41, 5.74) is 2.81. The molecule has 0 heterocycles. The van der Waals surface area contributed by atoms with E-state index in [1.807, 2.05) is 0 Å². The fraction of sp³-hybridized carbons (Fsp3) is 0.125. The maximum atomic E-state index is 11.6. The first kappa shape index (κ1) is 16.8. The number of nitrogens with one attached hydrogen (secondary N) is 1. The third-order valence-electron chi connectivity index (χ3n) is 2.81. The number of hydrogen-bond acceptors (Lipinski definition) is 5. The minimum Gasteiger partial charge on any atom is -0.507 e. The van der Waals surface area contributed by atoms with Crippen molar-refractivity contribution in [1.29, 1.82) is 0 Å². The molecule has 2 rings (SSSR count). The number of benzene rings is 2. The summed E-state index contributed by atoms with van der Waals surface area (Å²) in [6.45, 7) is -0.172. The van der Waals surface area contributed by atoms with Crippen LogP contribution in [0.4, 0.5) is 0 Å². The molecule has 0 radical (unpaired) electrons. The normalized spacial score (nSPS) is 10.5. The number of hydrazone groups is 1. The molecule has 2 N–H and O–H groups in total. The van der Waals surface area contributed by atoms with Crippen molar-refractivity contribution in [3.8, 4) is 17.2 Å². The fourth-order valence-electron chi connectivity index (χ4n) is 1.66. The molecule has 23 heavy (non-hydrogen) atoms. The number of methoxy groups -OCH3 is 1. The van der Waals surface area contributed by atoms with Crippen LogP contribution >= 0.6 is 15.9 Å². The lowest BCUT2D eigenvalue weighted by Gasteiger charge is -2.06. The highest BCUT2D eigenvalue weighted by Gasteiger charge is 2.03. The number of ether oxygens (including phenoxy) is 2. The molecule has 120 valence electrons. The molecule has 0 aromatic heterocycles. The Morgan fingerprint density at radius 3 is 2.65 bits per heavy atom. The Morgan fingerprint density at radius 2 is 1.96 bits per heavy atom. The standard InChI is InChI=1S/C16H15BrN2O4/c1-22-13-3-5-14(6-4-13)23-10-16(21)19-18-9-11-8-12(17)2-7-15(11)20/h2-9,20H,10H2,1H3,(H,19,21)/b18-9-. The first-order chi connectivity index (χ1) is 11.1. The molecule has 0 saturated heterocycles. The summed E-state index contributed by atoms with van der Waals surface area (Å²) in [4.78, 5) is 11.6. The van der Waals surface area contributed by atoms with E-state index in [0.29, 0.717) is 17.1 Å². The van der Waals surface area contributed by atoms with Crippen molar-refractivity contribution in [3.05, 3.63) is 52.5 Å². The zero-order chi connectivity index (χ0) is 16.7. The monoisotopic (exact) mass is 378 g/mol. The maximum absolute atomic E-state index is 11.6. The Kier molecular flexibility index (Phi) is 5.99. The highest BCUT2D eigenvalue weighted by molar-refractivity contribution is 9.10. The zero-order valence-electron chi connectivity index (χ0n) is 12.3. The van der Waals surface area contributed by atoms with Crippen LogP contribution in [0.5, 0.6) is 17.2 Å². The predicted octanol–water partition coefficient (Wildman–Crippen LogP) is 2.69. The van der Waals surface area contributed by atoms with Crippen molar-refractivity contribution < 1.29 is 19.4 Å². The van der Waals surface area contributed by atoms with Crippen molar-refractivity contribution in [2.75, 3.05) is 13.7 Å². The molecule has 0 spiro atoms. The third kappa shape index (κ3) is 5.30. The largest absolute Gasteiger partial charge is 0.507 e. The van der Waals surface area contributed by atoms with E-state index in [-0.39, 0.29) is 12.4 Å². The number of halogens is 1. The average molecular weight is 379 g/mol. The van der Waals surface area contributed by atoms with E-state index in [1.54, 1.807) is 43.5 Å². The number of aromatic hydroxyl groups is 1. The van der Waals surface area contributed by atoms with Crippen LogP contribution in [0, 0.1) is 0 Å². The smallest absolute Gasteiger partial charge is 0.277 e. The van der Waals surface area contributed by atoms with Gasteiger partial charge in [0, 0.05) is 10.0 Å². The zero-order valence-corrected chi connectivity index (χ0v) is 13.9. The van der Waals surface area contributed by atoms with E-state index in [0.717, 1.165) is 4.47 Å². The number of rotatable bonds is 6. The van der Waals surface area contributed by atoms with Crippen molar-refractivity contribution in [2.24, 2.45) is 5.10 Å². The summed E-state index contributed by atoms with van der Waals surface area (Å²) >= 11 is 3.29. The Morgan fingerprint density at radius 1 is 1.26 bits per heavy atom. The molecule has 0 aliphatic rings. The molecule has 0 aliphatic carbocycles. The predicted molar refractivity (Wildman–Crippen MR) is 90.0 cm³/mol. The van der Waals surface area contributed by atoms with Crippen LogP contribution in [0.2, 0.25) is 0 Å². The minimum atomic E-state index is -0.411. The van der Waals surface area contributed by atoms with Gasteiger partial charge in [0.2, 0.25) is 0 Å². The molecular formula is C16H15BrN2O4. The number of phenolic OH excluding ortho intramolecular Hbond substituents is 1. The molecule has 7 heteroatoms. The first-order valence-corrected chi connectivity index (χ1v) is 7.45. The van der Waals surface area contributed by atoms with Gasteiger partial charge >= 0.3 is 0 Å². The number of carbonyl (C=O) groups excluding carboxylic acids is 1. The Balaban J connectivity index is 1.82. The fourth-order valence-corrected chi connectivity index (χ4v) is 2.03. The van der Waals surface area contributed by atoms with Gasteiger partial charge in [0.25, 0.3) is 5.91 Å². The van der Waals surface area contributed by atoms with Gasteiger partial charge < -0.3 is 14.6 Å². The topological polar surface area (TPSA) is 80.2 Å². The molecule has 6 nitrogen and oxygen atoms in total. The van der Waals surface area contributed by atoms with Crippen LogP contribution in [0.25, 0.3) is 0 Å². The SMILES string of the molecule is COc1ccc(OCC(=O)N/N=C\c2cc(Br)ccc2O)cc1. The summed E-state index contributed by atoms with van der Waals surface area (Å²) < 4.78 is 11.1. The molecule has 0 bridgehead atoms. The van der Waals surface area contributed by atoms with E-state index >= 15 is 0 Å². The summed E-state index contributed by atoms with van der Waals surface area (Å²) in [6, 6.07) is 11.8. The number of phenols is 1. The molecule has 2 aromatic carbocycles. The lowest BCUT2D eigenvalue weighted by Crippen LogP contribution is -2.24. The summed E-state index contributed by atoms with van der Waals surface area (Å²) in [5.74, 6) is 0.919. The van der Waals surface area contributed by atoms with E-state index in [9.17, 15) is 9.90 Å². The maximum Gasteiger partial charge on any atom is 0.277 e. The highest BCUT2D eigenvalue weighted by atomic mass is 79.9. The summed E-state index contributed by atoms with van der Waals surface area (Å²) in [6.07, 6.45) is 1.35. The lowest BCUT2D eigenvalue weighted by molar-refractivity contribution is -0.123. The Bertz CT molecular complexity index is 702. The minimum absolute atomic E-state index is 0.0701. The van der Waals surface area contributed by atoms with Crippen LogP contribution in [0.1, 0.15) is 5.56 Å². The summed E-state index contributed by atoms with van der Waals surface area (Å²) in [7, 11) is 1.57. The van der Waals surface area contributed by atoms with Crippen molar-refractivity contribution >= 4 is 28.1 Å². The Labute approximate surface area is 141 Å². The molecular weight excluding hydrogens is 364 g/mol. The van der Waals surface area contributed by atoms with E-state index < -0.39 is 5.91 Å². The van der Waals surface area contributed by atoms with Crippen LogP contribution in [-0.2, 0) is 4.79 Å². The van der Waals surface area contributed by atoms with Crippen molar-refractivity contribution in [1.82, 2.24) is 5.43 Å². The molecule has 0 saturated carbocycles. The van der Waals surface area contributed by atoms with E-state index in [4.69, 9.17) is 9.47 Å². The van der Waals surface area contributed by atoms with Gasteiger partial charge in [-0.15, -0.1) is 0 Å². The molecule has 0 aliphatic heterocycles. The van der Waals surface area contributed by atoms with E-state index in [1.165, 1.54) is 12.3 Å². The second-order valence-corrected chi connectivity index (χ2v) is 5.38. The lowest BCUT2D eigenvalue weighted by atomic mass is 10.2. The van der Waals surface area contributed by atoms with Gasteiger partial charge in [0.15, 0.2) is 6.61 Å². The average Bonchev–Trinajstić information content (AvgIpc) is 2.56. The van der Waals surface area contributed by atoms with Gasteiger partial charge in [0.05, 0.1) is 13.3 Å². The molecule has 1 amide bonds. The molecule has 0 unspecified atom stereocenters. The number of amides is 1. The van der Waals surface area contributed by atoms with Crippen LogP contribution in [0.3, 0.4) is 0 Å². The van der Waals surface area contributed by atoms with Gasteiger partial charge in [-0.2, -0.15) is 5.10 Å². The van der Waals surface area contributed by atoms with Crippen LogP contribution in [0.15, 0.2) is 52.0 Å². The molecule has 2 aromatic rings. The quantitative estimate of drug-likeness (QED) is 0.598. The number of nitrogens with zero attached hydrogens (tertiary/aromatic N) is 1. The van der Waals surface area contributed by atoms with Gasteiger partial charge in [-0.3, -0.25) is 4.79 Å².